The highest BCUT2D eigenvalue weighted by atomic mass is 28.4. The van der Waals surface area contributed by atoms with E-state index in [1.54, 1.807) is 0 Å². The van der Waals surface area contributed by atoms with Gasteiger partial charge in [-0.25, -0.2) is 0 Å². The minimum atomic E-state index is -1.56. The predicted molar refractivity (Wildman–Crippen MR) is 97.8 cm³/mol. The van der Waals surface area contributed by atoms with Crippen LogP contribution in [0.25, 0.3) is 0 Å². The molecular weight excluding hydrogens is 288 g/mol. The molecule has 0 spiro atoms. The molecule has 126 valence electrons. The third-order valence-electron chi connectivity index (χ3n) is 4.59. The van der Waals surface area contributed by atoms with Crippen molar-refractivity contribution in [2.24, 2.45) is 0 Å². The van der Waals surface area contributed by atoms with Gasteiger partial charge < -0.3 is 9.16 Å². The van der Waals surface area contributed by atoms with Gasteiger partial charge in [0.1, 0.15) is 0 Å². The third-order valence-corrected chi connectivity index (χ3v) is 9.13. The van der Waals surface area contributed by atoms with Crippen LogP contribution in [-0.2, 0) is 15.8 Å². The summed E-state index contributed by atoms with van der Waals surface area (Å²) in [5.74, 6) is 0. The molecule has 3 heteroatoms. The van der Waals surface area contributed by atoms with Crippen LogP contribution in [0.4, 0.5) is 0 Å². The third kappa shape index (κ3) is 7.08. The first-order valence-corrected chi connectivity index (χ1v) is 11.4. The Morgan fingerprint density at radius 1 is 0.909 bits per heavy atom. The second-order valence-corrected chi connectivity index (χ2v) is 12.5. The Hall–Kier alpha value is -0.643. The van der Waals surface area contributed by atoms with Crippen LogP contribution in [0.5, 0.6) is 0 Å². The van der Waals surface area contributed by atoms with Gasteiger partial charge in [0, 0.05) is 13.2 Å². The van der Waals surface area contributed by atoms with E-state index in [9.17, 15) is 0 Å². The Balaban J connectivity index is 2.03. The Morgan fingerprint density at radius 3 is 2.09 bits per heavy atom. The fourth-order valence-electron chi connectivity index (χ4n) is 1.90. The van der Waals surface area contributed by atoms with Gasteiger partial charge in [0.25, 0.3) is 0 Å². The molecule has 0 bridgehead atoms. The molecule has 0 aliphatic carbocycles. The number of aryl methyl sites for hydroxylation is 1. The zero-order valence-corrected chi connectivity index (χ0v) is 16.4. The quantitative estimate of drug-likeness (QED) is 0.428. The van der Waals surface area contributed by atoms with Gasteiger partial charge in [0.2, 0.25) is 0 Å². The summed E-state index contributed by atoms with van der Waals surface area (Å²) in [5, 5.41) is 0.310. The molecule has 1 rings (SSSR count). The van der Waals surface area contributed by atoms with E-state index in [-0.39, 0.29) is 0 Å². The van der Waals surface area contributed by atoms with Gasteiger partial charge in [-0.15, -0.1) is 0 Å². The van der Waals surface area contributed by atoms with Crippen LogP contribution in [0.1, 0.15) is 51.2 Å². The van der Waals surface area contributed by atoms with E-state index < -0.39 is 8.32 Å². The number of unbranched alkanes of at least 4 members (excludes halogenated alkanes) is 2. The van der Waals surface area contributed by atoms with Gasteiger partial charge in [0.15, 0.2) is 8.32 Å². The van der Waals surface area contributed by atoms with E-state index in [0.29, 0.717) is 5.04 Å². The van der Waals surface area contributed by atoms with E-state index in [4.69, 9.17) is 9.16 Å². The number of benzene rings is 1. The molecule has 2 nitrogen and oxygen atoms in total. The largest absolute Gasteiger partial charge is 0.417 e. The first-order valence-electron chi connectivity index (χ1n) is 8.50. The first-order chi connectivity index (χ1) is 10.2. The smallest absolute Gasteiger partial charge is 0.191 e. The topological polar surface area (TPSA) is 18.5 Å². The Morgan fingerprint density at radius 2 is 1.50 bits per heavy atom. The highest BCUT2D eigenvalue weighted by molar-refractivity contribution is 6.74. The number of hydrogen-bond donors (Lipinski definition) is 0. The maximum Gasteiger partial charge on any atom is 0.191 e. The second-order valence-electron chi connectivity index (χ2n) is 7.71. The molecule has 0 atom stereocenters. The molecule has 0 unspecified atom stereocenters. The lowest BCUT2D eigenvalue weighted by atomic mass is 10.2. The summed E-state index contributed by atoms with van der Waals surface area (Å²) in [5.41, 5.74) is 2.55. The summed E-state index contributed by atoms with van der Waals surface area (Å²) in [7, 11) is -1.56. The fourth-order valence-corrected chi connectivity index (χ4v) is 2.99. The molecule has 0 saturated heterocycles. The molecule has 0 radical (unpaired) electrons. The van der Waals surface area contributed by atoms with Crippen molar-refractivity contribution in [2.45, 2.75) is 71.7 Å². The molecule has 0 aromatic heterocycles. The second kappa shape index (κ2) is 8.85. The molecule has 0 saturated carbocycles. The lowest BCUT2D eigenvalue weighted by Gasteiger charge is -2.36. The Labute approximate surface area is 138 Å². The predicted octanol–water partition coefficient (Wildman–Crippen LogP) is 5.70. The van der Waals surface area contributed by atoms with Crippen LogP contribution in [0.15, 0.2) is 24.3 Å². The van der Waals surface area contributed by atoms with E-state index in [1.165, 1.54) is 17.5 Å². The molecule has 0 heterocycles. The Kier molecular flexibility index (Phi) is 7.81. The number of hydrogen-bond acceptors (Lipinski definition) is 2. The maximum absolute atomic E-state index is 6.18. The van der Waals surface area contributed by atoms with Crippen LogP contribution in [0, 0.1) is 6.92 Å². The van der Waals surface area contributed by atoms with Gasteiger partial charge >= 0.3 is 0 Å². The molecule has 0 fully saturated rings. The van der Waals surface area contributed by atoms with Crippen LogP contribution in [0.3, 0.4) is 0 Å². The van der Waals surface area contributed by atoms with Crippen molar-refractivity contribution in [1.29, 1.82) is 0 Å². The van der Waals surface area contributed by atoms with E-state index in [1.807, 2.05) is 0 Å². The van der Waals surface area contributed by atoms with Crippen molar-refractivity contribution in [3.05, 3.63) is 35.4 Å². The Bertz CT molecular complexity index is 418. The average Bonchev–Trinajstić information content (AvgIpc) is 2.42. The minimum Gasteiger partial charge on any atom is -0.417 e. The van der Waals surface area contributed by atoms with Gasteiger partial charge in [-0.1, -0.05) is 50.6 Å². The summed E-state index contributed by atoms with van der Waals surface area (Å²) >= 11 is 0. The summed E-state index contributed by atoms with van der Waals surface area (Å²) in [6.45, 7) is 16.1. The van der Waals surface area contributed by atoms with E-state index >= 15 is 0 Å². The maximum atomic E-state index is 6.18. The summed E-state index contributed by atoms with van der Waals surface area (Å²) < 4.78 is 11.9. The van der Waals surface area contributed by atoms with Crippen molar-refractivity contribution in [3.8, 4) is 0 Å². The zero-order chi connectivity index (χ0) is 16.6. The molecule has 0 aliphatic heterocycles. The summed E-state index contributed by atoms with van der Waals surface area (Å²) in [6.07, 6.45) is 3.44. The number of rotatable bonds is 9. The lowest BCUT2D eigenvalue weighted by Crippen LogP contribution is -2.40. The van der Waals surface area contributed by atoms with Gasteiger partial charge in [-0.05, 0) is 49.9 Å². The van der Waals surface area contributed by atoms with Gasteiger partial charge in [-0.3, -0.25) is 0 Å². The molecule has 1 aromatic carbocycles. The molecule has 0 amide bonds. The van der Waals surface area contributed by atoms with Crippen molar-refractivity contribution in [2.75, 3.05) is 13.2 Å². The lowest BCUT2D eigenvalue weighted by molar-refractivity contribution is 0.115. The molecule has 0 N–H and O–H groups in total. The van der Waals surface area contributed by atoms with Crippen molar-refractivity contribution in [1.82, 2.24) is 0 Å². The van der Waals surface area contributed by atoms with Crippen molar-refractivity contribution >= 4 is 8.32 Å². The van der Waals surface area contributed by atoms with Crippen molar-refractivity contribution in [3.63, 3.8) is 0 Å². The molecule has 0 aliphatic rings. The van der Waals surface area contributed by atoms with Gasteiger partial charge in [0.05, 0.1) is 6.61 Å². The monoisotopic (exact) mass is 322 g/mol. The number of ether oxygens (including phenoxy) is 1. The molecular formula is C19H34O2Si. The minimum absolute atomic E-state index is 0.310. The van der Waals surface area contributed by atoms with Gasteiger partial charge in [-0.2, -0.15) is 0 Å². The van der Waals surface area contributed by atoms with Crippen molar-refractivity contribution < 1.29 is 9.16 Å². The van der Waals surface area contributed by atoms with Crippen LogP contribution in [0.2, 0.25) is 18.1 Å². The fraction of sp³-hybridized carbons (Fsp3) is 0.684. The normalized spacial score (nSPS) is 12.6. The summed E-state index contributed by atoms with van der Waals surface area (Å²) in [6, 6.07) is 8.55. The zero-order valence-electron chi connectivity index (χ0n) is 15.4. The average molecular weight is 323 g/mol. The van der Waals surface area contributed by atoms with E-state index in [0.717, 1.165) is 32.7 Å². The molecule has 1 aromatic rings. The van der Waals surface area contributed by atoms with E-state index in [2.05, 4.69) is 65.1 Å². The summed E-state index contributed by atoms with van der Waals surface area (Å²) in [4.78, 5) is 0. The molecule has 22 heavy (non-hydrogen) atoms. The standard InChI is InChI=1S/C19H34O2Si/c1-17-10-12-18(13-11-17)16-20-14-8-7-9-15-21-22(5,6)19(2,3)4/h10-13H,7-9,14-16H2,1-6H3. The highest BCUT2D eigenvalue weighted by Gasteiger charge is 2.36. The van der Waals surface area contributed by atoms with Crippen LogP contribution >= 0.6 is 0 Å². The first kappa shape index (κ1) is 19.4. The highest BCUT2D eigenvalue weighted by Crippen LogP contribution is 2.36. The SMILES string of the molecule is Cc1ccc(COCCCCCO[Si](C)(C)C(C)(C)C)cc1. The van der Waals surface area contributed by atoms with Crippen LogP contribution in [-0.4, -0.2) is 21.5 Å². The van der Waals surface area contributed by atoms with Crippen LogP contribution < -0.4 is 0 Å².